The van der Waals surface area contributed by atoms with Crippen molar-refractivity contribution in [2.24, 2.45) is 0 Å². The quantitative estimate of drug-likeness (QED) is 0.292. The van der Waals surface area contributed by atoms with Crippen molar-refractivity contribution in [3.8, 4) is 0 Å². The van der Waals surface area contributed by atoms with Gasteiger partial charge in [-0.05, 0) is 18.2 Å². The van der Waals surface area contributed by atoms with Crippen LogP contribution < -0.4 is 15.0 Å². The Morgan fingerprint density at radius 1 is 1.29 bits per heavy atom. The van der Waals surface area contributed by atoms with E-state index in [1.807, 2.05) is 0 Å². The van der Waals surface area contributed by atoms with Crippen LogP contribution in [0, 0.1) is 0 Å². The molecule has 1 saturated heterocycles. The first-order chi connectivity index (χ1) is 16.3. The zero-order valence-corrected chi connectivity index (χ0v) is 20.7. The van der Waals surface area contributed by atoms with Crippen LogP contribution in [0.2, 0.25) is 10.0 Å². The van der Waals surface area contributed by atoms with Crippen LogP contribution in [-0.4, -0.2) is 50.7 Å². The number of hydrogen-bond donors (Lipinski definition) is 2. The number of fused-ring (bicyclic) bond motifs is 1. The number of rotatable bonds is 8. The molecule has 1 aromatic heterocycles. The van der Waals surface area contributed by atoms with E-state index in [-0.39, 0.29) is 30.5 Å². The lowest BCUT2D eigenvalue weighted by Crippen LogP contribution is -2.71. The van der Waals surface area contributed by atoms with Gasteiger partial charge in [0, 0.05) is 33.4 Å². The van der Waals surface area contributed by atoms with Crippen molar-refractivity contribution in [2.75, 3.05) is 11.5 Å². The Hall–Kier alpha value is -2.24. The van der Waals surface area contributed by atoms with Crippen LogP contribution in [0.1, 0.15) is 5.69 Å². The number of nitrogens with one attached hydrogen (secondary N) is 1. The molecule has 0 radical (unpaired) electrons. The van der Waals surface area contributed by atoms with Gasteiger partial charge in [-0.1, -0.05) is 29.3 Å². The number of pyridine rings is 1. The molecule has 4 rings (SSSR count). The van der Waals surface area contributed by atoms with Crippen LogP contribution in [0.5, 0.6) is 0 Å². The number of aliphatic hydroxyl groups is 1. The molecule has 1 fully saturated rings. The monoisotopic (exact) mass is 539 g/mol. The Kier molecular flexibility index (Phi) is 7.73. The fourth-order valence-electron chi connectivity index (χ4n) is 3.75. The van der Waals surface area contributed by atoms with E-state index in [1.165, 1.54) is 28.4 Å². The summed E-state index contributed by atoms with van der Waals surface area (Å²) in [5, 5.41) is 24.6. The largest absolute Gasteiger partial charge is 0.543 e. The van der Waals surface area contributed by atoms with Crippen LogP contribution in [0.4, 0.5) is 0 Å². The lowest BCUT2D eigenvalue weighted by molar-refractivity contribution is -0.698. The molecule has 2 N–H and O–H groups in total. The average molecular weight is 540 g/mol. The van der Waals surface area contributed by atoms with Gasteiger partial charge in [-0.3, -0.25) is 14.5 Å². The molecule has 2 aliphatic rings. The zero-order valence-electron chi connectivity index (χ0n) is 17.6. The number of carbonyl (C=O) groups excluding carboxylic acids is 3. The molecule has 2 aromatic rings. The molecular formula is C22H19Cl2N3O5S2. The predicted octanol–water partition coefficient (Wildman–Crippen LogP) is 0.969. The third kappa shape index (κ3) is 5.06. The number of amides is 2. The summed E-state index contributed by atoms with van der Waals surface area (Å²) in [4.78, 5) is 39.1. The lowest BCUT2D eigenvalue weighted by Gasteiger charge is -2.50. The van der Waals surface area contributed by atoms with Crippen molar-refractivity contribution in [3.63, 3.8) is 0 Å². The van der Waals surface area contributed by atoms with Gasteiger partial charge in [0.1, 0.15) is 18.0 Å². The number of aliphatic carboxylic acids is 1. The molecule has 8 nitrogen and oxygen atoms in total. The van der Waals surface area contributed by atoms with E-state index in [1.54, 1.807) is 47.2 Å². The average Bonchev–Trinajstić information content (AvgIpc) is 2.82. The first-order valence-electron chi connectivity index (χ1n) is 10.1. The van der Waals surface area contributed by atoms with Gasteiger partial charge < -0.3 is 20.3 Å². The second kappa shape index (κ2) is 10.6. The van der Waals surface area contributed by atoms with Crippen molar-refractivity contribution < 1.29 is 29.2 Å². The van der Waals surface area contributed by atoms with E-state index >= 15 is 0 Å². The Balaban J connectivity index is 1.44. The van der Waals surface area contributed by atoms with Crippen LogP contribution in [0.3, 0.4) is 0 Å². The number of hydrogen-bond acceptors (Lipinski definition) is 7. The molecule has 2 aliphatic heterocycles. The fraction of sp³-hybridized carbons (Fsp3) is 0.273. The minimum Gasteiger partial charge on any atom is -0.543 e. The summed E-state index contributed by atoms with van der Waals surface area (Å²) in [5.74, 6) is -1.98. The van der Waals surface area contributed by atoms with Crippen LogP contribution >= 0.6 is 46.7 Å². The van der Waals surface area contributed by atoms with Gasteiger partial charge >= 0.3 is 0 Å². The number of aromatic nitrogens is 1. The van der Waals surface area contributed by atoms with Gasteiger partial charge in [0.15, 0.2) is 12.7 Å². The highest BCUT2D eigenvalue weighted by molar-refractivity contribution is 8.00. The molecule has 12 heteroatoms. The van der Waals surface area contributed by atoms with E-state index in [0.29, 0.717) is 32.0 Å². The maximum Gasteiger partial charge on any atom is 0.253 e. The summed E-state index contributed by atoms with van der Waals surface area (Å²) in [6.45, 7) is -0.0166. The Morgan fingerprint density at radius 2 is 2.09 bits per heavy atom. The number of benzene rings is 1. The Bertz CT molecular complexity index is 1190. The summed E-state index contributed by atoms with van der Waals surface area (Å²) in [6.07, 6.45) is 1.73. The first kappa shape index (κ1) is 24.9. The van der Waals surface area contributed by atoms with Crippen molar-refractivity contribution in [1.82, 2.24) is 10.2 Å². The maximum atomic E-state index is 12.8. The summed E-state index contributed by atoms with van der Waals surface area (Å²) < 4.78 is 1.72. The molecule has 3 heterocycles. The van der Waals surface area contributed by atoms with Crippen molar-refractivity contribution in [1.29, 1.82) is 0 Å². The molecule has 2 atom stereocenters. The second-order valence-corrected chi connectivity index (χ2v) is 10.5. The normalized spacial score (nSPS) is 19.5. The van der Waals surface area contributed by atoms with Crippen LogP contribution in [-0.2, 0) is 27.5 Å². The van der Waals surface area contributed by atoms with Gasteiger partial charge in [0.2, 0.25) is 11.6 Å². The highest BCUT2D eigenvalue weighted by atomic mass is 35.5. The fourth-order valence-corrected chi connectivity index (χ4v) is 6.39. The molecule has 0 spiro atoms. The number of carboxylic acid groups (broad SMARTS) is 1. The van der Waals surface area contributed by atoms with Gasteiger partial charge in [0.25, 0.3) is 5.91 Å². The second-order valence-electron chi connectivity index (χ2n) is 7.54. The van der Waals surface area contributed by atoms with Gasteiger partial charge in [0.05, 0.1) is 22.4 Å². The van der Waals surface area contributed by atoms with E-state index in [4.69, 9.17) is 23.2 Å². The molecule has 178 valence electrons. The summed E-state index contributed by atoms with van der Waals surface area (Å²) >= 11 is 14.6. The van der Waals surface area contributed by atoms with E-state index in [2.05, 4.69) is 5.32 Å². The molecule has 0 unspecified atom stereocenters. The lowest BCUT2D eigenvalue weighted by atomic mass is 10.0. The summed E-state index contributed by atoms with van der Waals surface area (Å²) in [6, 6.07) is 9.37. The minimum absolute atomic E-state index is 0.0181. The molecule has 1 aromatic carbocycles. The number of carboxylic acids is 1. The zero-order chi connectivity index (χ0) is 24.4. The van der Waals surface area contributed by atoms with Gasteiger partial charge in [-0.15, -0.1) is 23.5 Å². The Morgan fingerprint density at radius 3 is 2.82 bits per heavy atom. The predicted molar refractivity (Wildman–Crippen MR) is 127 cm³/mol. The standard InChI is InChI=1S/C22H19Cl2N3O5S2/c23-13-4-5-15(24)16(7-13)33-11-17(29)25-18-20(30)27-19(22(31)32)12(10-34-21(18)27)8-26-6-2-1-3-14(26)9-28/h1-7,18,21,28H,8-11H2,(H-,25,29,31,32)/t18-,21-/m1/s1. The highest BCUT2D eigenvalue weighted by Crippen LogP contribution is 2.40. The van der Waals surface area contributed by atoms with Crippen molar-refractivity contribution >= 4 is 64.5 Å². The van der Waals surface area contributed by atoms with Gasteiger partial charge in [-0.25, -0.2) is 0 Å². The number of carbonyl (C=O) groups is 3. The number of aliphatic hydroxyl groups excluding tert-OH is 1. The smallest absolute Gasteiger partial charge is 0.253 e. The van der Waals surface area contributed by atoms with E-state index < -0.39 is 23.3 Å². The number of thioether (sulfide) groups is 2. The van der Waals surface area contributed by atoms with Crippen LogP contribution in [0.25, 0.3) is 0 Å². The third-order valence-electron chi connectivity index (χ3n) is 5.37. The summed E-state index contributed by atoms with van der Waals surface area (Å²) in [5.41, 5.74) is 0.924. The third-order valence-corrected chi connectivity index (χ3v) is 8.44. The Labute approximate surface area is 213 Å². The van der Waals surface area contributed by atoms with Gasteiger partial charge in [-0.2, -0.15) is 4.57 Å². The summed E-state index contributed by atoms with van der Waals surface area (Å²) in [7, 11) is 0. The molecule has 0 aliphatic carbocycles. The number of β-lactam (4-membered cyclic amide) rings is 1. The van der Waals surface area contributed by atoms with Crippen molar-refractivity contribution in [3.05, 3.63) is 69.6 Å². The molecule has 34 heavy (non-hydrogen) atoms. The van der Waals surface area contributed by atoms with E-state index in [0.717, 1.165) is 0 Å². The SMILES string of the molecule is O=C(CSc1cc(Cl)ccc1Cl)N[C@@H]1C(=O)N2C(C(=O)[O-])=C(C[n+]3ccccc3CO)CS[C@H]12. The first-order valence-corrected chi connectivity index (χ1v) is 12.9. The topological polar surface area (TPSA) is 114 Å². The maximum absolute atomic E-state index is 12.8. The molecule has 0 saturated carbocycles. The number of nitrogens with zero attached hydrogens (tertiary/aromatic N) is 2. The minimum atomic E-state index is -1.45. The van der Waals surface area contributed by atoms with Crippen LogP contribution in [0.15, 0.2) is 58.8 Å². The molecule has 2 amide bonds. The molecule has 0 bridgehead atoms. The highest BCUT2D eigenvalue weighted by Gasteiger charge is 2.53. The van der Waals surface area contributed by atoms with Crippen molar-refractivity contribution in [2.45, 2.75) is 29.5 Å². The molecular weight excluding hydrogens is 521 g/mol. The number of halogens is 2. The van der Waals surface area contributed by atoms with E-state index in [9.17, 15) is 24.6 Å².